The van der Waals surface area contributed by atoms with Gasteiger partial charge in [-0.15, -0.1) is 0 Å². The smallest absolute Gasteiger partial charge is 0.264 e. The molecule has 0 N–H and O–H groups in total. The summed E-state index contributed by atoms with van der Waals surface area (Å²) < 4.78 is 31.5. The van der Waals surface area contributed by atoms with Gasteiger partial charge < -0.3 is 9.57 Å². The Bertz CT molecular complexity index is 384. The number of oxime groups is 1. The van der Waals surface area contributed by atoms with Crippen molar-refractivity contribution in [2.45, 2.75) is 52.6 Å². The van der Waals surface area contributed by atoms with Crippen molar-refractivity contribution in [3.05, 3.63) is 0 Å². The van der Waals surface area contributed by atoms with Gasteiger partial charge in [0.25, 0.3) is 10.1 Å². The number of nitrogens with zero attached hydrogens (tertiary/aromatic N) is 1. The first-order valence-corrected chi connectivity index (χ1v) is 8.55. The minimum atomic E-state index is -3.31. The zero-order valence-corrected chi connectivity index (χ0v) is 14.0. The molecule has 0 radical (unpaired) electrons. The summed E-state index contributed by atoms with van der Waals surface area (Å²) in [6.45, 7) is 8.94. The largest absolute Gasteiger partial charge is 0.390 e. The van der Waals surface area contributed by atoms with E-state index >= 15 is 0 Å². The molecule has 0 aromatic carbocycles. The fourth-order valence-corrected chi connectivity index (χ4v) is 1.57. The summed E-state index contributed by atoms with van der Waals surface area (Å²) in [5.41, 5.74) is 0.501. The minimum Gasteiger partial charge on any atom is -0.390 e. The molecule has 7 heteroatoms. The first-order chi connectivity index (χ1) is 9.10. The third-order valence-electron chi connectivity index (χ3n) is 2.02. The van der Waals surface area contributed by atoms with Crippen LogP contribution in [0.3, 0.4) is 0 Å². The van der Waals surface area contributed by atoms with Gasteiger partial charge in [0.2, 0.25) is 0 Å². The van der Waals surface area contributed by atoms with Crippen LogP contribution in [-0.2, 0) is 23.9 Å². The first-order valence-electron chi connectivity index (χ1n) is 6.74. The highest BCUT2D eigenvalue weighted by atomic mass is 32.2. The second-order valence-corrected chi connectivity index (χ2v) is 7.31. The highest BCUT2D eigenvalue weighted by Crippen LogP contribution is 2.07. The molecule has 0 spiro atoms. The Hall–Kier alpha value is -0.660. The summed E-state index contributed by atoms with van der Waals surface area (Å²) >= 11 is 0. The van der Waals surface area contributed by atoms with Gasteiger partial charge in [-0.2, -0.15) is 8.42 Å². The maximum Gasteiger partial charge on any atom is 0.264 e. The quantitative estimate of drug-likeness (QED) is 0.268. The van der Waals surface area contributed by atoms with E-state index in [1.807, 2.05) is 27.7 Å². The maximum absolute atomic E-state index is 10.7. The average molecular weight is 309 g/mol. The molecule has 0 unspecified atom stereocenters. The van der Waals surface area contributed by atoms with Gasteiger partial charge in [0, 0.05) is 6.61 Å². The molecule has 0 rings (SSSR count). The van der Waals surface area contributed by atoms with Gasteiger partial charge >= 0.3 is 0 Å². The number of hydrogen-bond donors (Lipinski definition) is 0. The van der Waals surface area contributed by atoms with E-state index in [1.165, 1.54) is 0 Å². The van der Waals surface area contributed by atoms with E-state index in [0.717, 1.165) is 24.8 Å². The summed E-state index contributed by atoms with van der Waals surface area (Å²) in [4.78, 5) is 5.27. The number of unbranched alkanes of at least 4 members (excludes halogenated alkanes) is 2. The van der Waals surface area contributed by atoms with Crippen molar-refractivity contribution in [3.8, 4) is 0 Å². The molecule has 0 aliphatic carbocycles. The molecule has 0 fully saturated rings. The van der Waals surface area contributed by atoms with Crippen LogP contribution in [0.4, 0.5) is 0 Å². The van der Waals surface area contributed by atoms with Crippen molar-refractivity contribution in [1.82, 2.24) is 0 Å². The van der Waals surface area contributed by atoms with Gasteiger partial charge in [-0.05, 0) is 47.0 Å². The normalized spacial score (nSPS) is 13.6. The van der Waals surface area contributed by atoms with Crippen molar-refractivity contribution in [2.75, 3.05) is 26.1 Å². The van der Waals surface area contributed by atoms with Gasteiger partial charge in [-0.25, -0.2) is 0 Å². The topological polar surface area (TPSA) is 74.2 Å². The van der Waals surface area contributed by atoms with Crippen LogP contribution in [0.1, 0.15) is 47.0 Å². The first kappa shape index (κ1) is 19.3. The van der Waals surface area contributed by atoms with Crippen molar-refractivity contribution in [1.29, 1.82) is 0 Å². The van der Waals surface area contributed by atoms with Crippen LogP contribution >= 0.6 is 0 Å². The second-order valence-electron chi connectivity index (χ2n) is 5.67. The summed E-state index contributed by atoms with van der Waals surface area (Å²) in [6, 6.07) is 0. The molecule has 0 amide bonds. The lowest BCUT2D eigenvalue weighted by molar-refractivity contribution is -0.000648. The van der Waals surface area contributed by atoms with Crippen LogP contribution in [-0.4, -0.2) is 45.8 Å². The fourth-order valence-electron chi connectivity index (χ4n) is 1.15. The maximum atomic E-state index is 10.7. The van der Waals surface area contributed by atoms with E-state index in [0.29, 0.717) is 19.6 Å². The van der Waals surface area contributed by atoms with Crippen LogP contribution in [0.2, 0.25) is 0 Å². The molecule has 20 heavy (non-hydrogen) atoms. The Balaban J connectivity index is 3.49. The SMILES string of the molecule is CC(COCCCCCOS(C)(=O)=O)=NOC(C)(C)C. The minimum absolute atomic E-state index is 0.235. The van der Waals surface area contributed by atoms with E-state index in [-0.39, 0.29) is 12.2 Å². The molecule has 0 aliphatic rings. The van der Waals surface area contributed by atoms with Crippen LogP contribution in [0.5, 0.6) is 0 Å². The third-order valence-corrected chi connectivity index (χ3v) is 2.61. The molecular weight excluding hydrogens is 282 g/mol. The summed E-state index contributed by atoms with van der Waals surface area (Å²) in [5.74, 6) is 0. The lowest BCUT2D eigenvalue weighted by Crippen LogP contribution is -2.17. The molecule has 0 saturated carbocycles. The van der Waals surface area contributed by atoms with E-state index in [4.69, 9.17) is 9.57 Å². The summed E-state index contributed by atoms with van der Waals surface area (Å²) in [7, 11) is -3.31. The van der Waals surface area contributed by atoms with E-state index < -0.39 is 10.1 Å². The van der Waals surface area contributed by atoms with Gasteiger partial charge in [-0.1, -0.05) is 5.16 Å². The monoisotopic (exact) mass is 309 g/mol. The molecule has 0 atom stereocenters. The number of hydrogen-bond acceptors (Lipinski definition) is 6. The summed E-state index contributed by atoms with van der Waals surface area (Å²) in [6.07, 6.45) is 3.49. The highest BCUT2D eigenvalue weighted by molar-refractivity contribution is 7.85. The molecule has 0 saturated heterocycles. The van der Waals surface area contributed by atoms with Crippen LogP contribution < -0.4 is 0 Å². The predicted octanol–water partition coefficient (Wildman–Crippen LogP) is 2.34. The Kier molecular flexibility index (Phi) is 9.00. The Labute approximate surface area is 122 Å². The molecule has 120 valence electrons. The van der Waals surface area contributed by atoms with Crippen molar-refractivity contribution < 1.29 is 22.2 Å². The van der Waals surface area contributed by atoms with Crippen LogP contribution in [0.15, 0.2) is 5.16 Å². The van der Waals surface area contributed by atoms with Gasteiger partial charge in [0.1, 0.15) is 5.60 Å². The molecule has 0 aliphatic heterocycles. The van der Waals surface area contributed by atoms with Crippen molar-refractivity contribution in [3.63, 3.8) is 0 Å². The molecule has 6 nitrogen and oxygen atoms in total. The number of ether oxygens (including phenoxy) is 1. The van der Waals surface area contributed by atoms with Crippen LogP contribution in [0, 0.1) is 0 Å². The zero-order chi connectivity index (χ0) is 15.6. The molecule has 0 heterocycles. The fraction of sp³-hybridized carbons (Fsp3) is 0.923. The second kappa shape index (κ2) is 9.31. The predicted molar refractivity (Wildman–Crippen MR) is 79.4 cm³/mol. The highest BCUT2D eigenvalue weighted by Gasteiger charge is 2.10. The zero-order valence-electron chi connectivity index (χ0n) is 13.1. The molecule has 0 bridgehead atoms. The average Bonchev–Trinajstić information content (AvgIpc) is 2.27. The van der Waals surface area contributed by atoms with Crippen LogP contribution in [0.25, 0.3) is 0 Å². The Morgan fingerprint density at radius 2 is 1.70 bits per heavy atom. The lowest BCUT2D eigenvalue weighted by atomic mass is 10.2. The molecular formula is C13H27NO5S. The molecule has 0 aromatic rings. The Morgan fingerprint density at radius 3 is 2.25 bits per heavy atom. The third kappa shape index (κ3) is 15.4. The van der Waals surface area contributed by atoms with Gasteiger partial charge in [0.05, 0.1) is 25.2 Å². The van der Waals surface area contributed by atoms with Crippen molar-refractivity contribution >= 4 is 15.8 Å². The van der Waals surface area contributed by atoms with Crippen molar-refractivity contribution in [2.24, 2.45) is 5.16 Å². The summed E-state index contributed by atoms with van der Waals surface area (Å²) in [5, 5.41) is 3.97. The van der Waals surface area contributed by atoms with E-state index in [9.17, 15) is 8.42 Å². The standard InChI is InChI=1S/C13H27NO5S/c1-12(14-19-13(2,3)4)11-17-9-7-6-8-10-18-20(5,15)16/h6-11H2,1-5H3. The van der Waals surface area contributed by atoms with E-state index in [2.05, 4.69) is 9.34 Å². The van der Waals surface area contributed by atoms with Gasteiger partial charge in [-0.3, -0.25) is 4.18 Å². The molecule has 0 aromatic heterocycles. The van der Waals surface area contributed by atoms with Gasteiger partial charge in [0.15, 0.2) is 0 Å². The Morgan fingerprint density at radius 1 is 1.10 bits per heavy atom. The van der Waals surface area contributed by atoms with E-state index in [1.54, 1.807) is 0 Å². The number of rotatable bonds is 10. The lowest BCUT2D eigenvalue weighted by Gasteiger charge is -2.16.